The lowest BCUT2D eigenvalue weighted by atomic mass is 10.2. The summed E-state index contributed by atoms with van der Waals surface area (Å²) in [6.07, 6.45) is 4.18. The second kappa shape index (κ2) is 7.50. The first-order chi connectivity index (χ1) is 15.2. The molecule has 0 bridgehead atoms. The first kappa shape index (κ1) is 18.7. The summed E-state index contributed by atoms with van der Waals surface area (Å²) in [5.41, 5.74) is 7.44. The van der Waals surface area contributed by atoms with Crippen molar-refractivity contribution >= 4 is 17.0 Å². The summed E-state index contributed by atoms with van der Waals surface area (Å²) in [5, 5.41) is 9.20. The summed E-state index contributed by atoms with van der Waals surface area (Å²) < 4.78 is 8.99. The Morgan fingerprint density at radius 3 is 2.52 bits per heavy atom. The van der Waals surface area contributed by atoms with Gasteiger partial charge in [-0.1, -0.05) is 18.2 Å². The highest BCUT2D eigenvalue weighted by molar-refractivity contribution is 5.84. The molecule has 0 aliphatic carbocycles. The molecule has 0 spiro atoms. The van der Waals surface area contributed by atoms with Crippen LogP contribution in [0.4, 0.5) is 5.82 Å². The molecule has 1 aliphatic heterocycles. The fourth-order valence-corrected chi connectivity index (χ4v) is 3.97. The number of benzene rings is 2. The minimum atomic E-state index is -0.260. The van der Waals surface area contributed by atoms with Crippen LogP contribution in [0.1, 0.15) is 12.5 Å². The third-order valence-electron chi connectivity index (χ3n) is 5.42. The van der Waals surface area contributed by atoms with E-state index in [0.717, 1.165) is 5.75 Å². The monoisotopic (exact) mass is 413 g/mol. The quantitative estimate of drug-likeness (QED) is 0.512. The molecule has 1 aliphatic rings. The number of imidazole rings is 1. The first-order valence-corrected chi connectivity index (χ1v) is 9.87. The van der Waals surface area contributed by atoms with Crippen LogP contribution in [0.3, 0.4) is 0 Å². The maximum atomic E-state index is 13.5. The molecule has 2 aromatic carbocycles. The van der Waals surface area contributed by atoms with Crippen molar-refractivity contribution in [2.75, 3.05) is 18.8 Å². The second-order valence-electron chi connectivity index (χ2n) is 7.32. The van der Waals surface area contributed by atoms with Crippen LogP contribution in [0.15, 0.2) is 65.7 Å². The van der Waals surface area contributed by atoms with Gasteiger partial charge in [-0.05, 0) is 42.8 Å². The Balaban J connectivity index is 1.58. The van der Waals surface area contributed by atoms with Gasteiger partial charge in [-0.15, -0.1) is 0 Å². The average Bonchev–Trinajstić information content (AvgIpc) is 3.37. The van der Waals surface area contributed by atoms with Gasteiger partial charge in [0.2, 0.25) is 0 Å². The highest BCUT2D eigenvalue weighted by atomic mass is 16.5. The van der Waals surface area contributed by atoms with Gasteiger partial charge in [0.25, 0.3) is 0 Å². The molecule has 4 aromatic rings. The molecule has 2 N–H and O–H groups in total. The zero-order chi connectivity index (χ0) is 21.4. The van der Waals surface area contributed by atoms with E-state index in [1.54, 1.807) is 33.7 Å². The Morgan fingerprint density at radius 2 is 1.81 bits per heavy atom. The number of nitrogen functional groups attached to an aromatic ring is 1. The van der Waals surface area contributed by atoms with Crippen LogP contribution in [-0.2, 0) is 0 Å². The van der Waals surface area contributed by atoms with Gasteiger partial charge in [0.05, 0.1) is 11.7 Å². The number of fused-ring (bicyclic) bond motifs is 1. The van der Waals surface area contributed by atoms with Crippen molar-refractivity contribution in [2.45, 2.75) is 12.5 Å². The molecule has 1 saturated heterocycles. The molecule has 2 aromatic heterocycles. The maximum absolute atomic E-state index is 13.5. The fraction of sp³-hybridized carbons (Fsp3) is 0.182. The first-order valence-electron chi connectivity index (χ1n) is 9.87. The van der Waals surface area contributed by atoms with Crippen molar-refractivity contribution < 1.29 is 4.74 Å². The van der Waals surface area contributed by atoms with Gasteiger partial charge in [0.15, 0.2) is 17.7 Å². The standard InChI is InChI=1S/C22H19N7O2/c23-13-27-11-10-16(12-27)29-21-19(20(24)25-14-26-21)28(22(29)30)15-6-8-18(9-7-15)31-17-4-2-1-3-5-17/h1-9,14,16H,10-12H2,(H2,24,25,26). The summed E-state index contributed by atoms with van der Waals surface area (Å²) in [5.74, 6) is 1.60. The van der Waals surface area contributed by atoms with Gasteiger partial charge < -0.3 is 15.4 Å². The van der Waals surface area contributed by atoms with Crippen LogP contribution >= 0.6 is 0 Å². The summed E-state index contributed by atoms with van der Waals surface area (Å²) in [6.45, 7) is 1.07. The molecule has 9 heteroatoms. The number of para-hydroxylation sites is 1. The summed E-state index contributed by atoms with van der Waals surface area (Å²) in [7, 11) is 0. The third kappa shape index (κ3) is 3.24. The number of likely N-dealkylation sites (tertiary alicyclic amines) is 1. The van der Waals surface area contributed by atoms with Crippen molar-refractivity contribution in [3.8, 4) is 23.4 Å². The molecule has 31 heavy (non-hydrogen) atoms. The molecule has 5 rings (SSSR count). The number of nitrogens with two attached hydrogens (primary N) is 1. The second-order valence-corrected chi connectivity index (χ2v) is 7.32. The van der Waals surface area contributed by atoms with Crippen LogP contribution in [0, 0.1) is 11.5 Å². The lowest BCUT2D eigenvalue weighted by Gasteiger charge is -2.11. The topological polar surface area (TPSA) is 115 Å². The van der Waals surface area contributed by atoms with Gasteiger partial charge in [0.1, 0.15) is 23.3 Å². The number of hydrogen-bond donors (Lipinski definition) is 1. The Morgan fingerprint density at radius 1 is 1.06 bits per heavy atom. The number of nitriles is 1. The lowest BCUT2D eigenvalue weighted by Crippen LogP contribution is -2.28. The largest absolute Gasteiger partial charge is 0.457 e. The van der Waals surface area contributed by atoms with E-state index in [-0.39, 0.29) is 17.5 Å². The number of ether oxygens (including phenoxy) is 1. The number of hydrogen-bond acceptors (Lipinski definition) is 7. The predicted molar refractivity (Wildman–Crippen MR) is 115 cm³/mol. The highest BCUT2D eigenvalue weighted by Gasteiger charge is 2.29. The Labute approximate surface area is 177 Å². The van der Waals surface area contributed by atoms with Crippen LogP contribution < -0.4 is 16.2 Å². The molecule has 0 amide bonds. The van der Waals surface area contributed by atoms with Crippen molar-refractivity contribution in [3.63, 3.8) is 0 Å². The summed E-state index contributed by atoms with van der Waals surface area (Å²) in [6, 6.07) is 16.5. The number of rotatable bonds is 4. The molecular weight excluding hydrogens is 394 g/mol. The summed E-state index contributed by atoms with van der Waals surface area (Å²) in [4.78, 5) is 23.5. The highest BCUT2D eigenvalue weighted by Crippen LogP contribution is 2.28. The summed E-state index contributed by atoms with van der Waals surface area (Å²) >= 11 is 0. The molecule has 1 atom stereocenters. The molecule has 1 unspecified atom stereocenters. The van der Waals surface area contributed by atoms with Crippen LogP contribution in [0.5, 0.6) is 11.5 Å². The Kier molecular flexibility index (Phi) is 4.52. The third-order valence-corrected chi connectivity index (χ3v) is 5.42. The average molecular weight is 413 g/mol. The number of aromatic nitrogens is 4. The minimum absolute atomic E-state index is 0.161. The van der Waals surface area contributed by atoms with Crippen molar-refractivity contribution in [1.29, 1.82) is 5.26 Å². The Hall–Kier alpha value is -4.32. The van der Waals surface area contributed by atoms with E-state index in [9.17, 15) is 10.1 Å². The molecule has 9 nitrogen and oxygen atoms in total. The van der Waals surface area contributed by atoms with E-state index in [4.69, 9.17) is 10.5 Å². The van der Waals surface area contributed by atoms with Gasteiger partial charge in [0, 0.05) is 13.1 Å². The zero-order valence-electron chi connectivity index (χ0n) is 16.5. The van der Waals surface area contributed by atoms with Gasteiger partial charge >= 0.3 is 5.69 Å². The fourth-order valence-electron chi connectivity index (χ4n) is 3.97. The molecule has 0 radical (unpaired) electrons. The Bertz CT molecular complexity index is 1340. The molecule has 3 heterocycles. The molecule has 154 valence electrons. The van der Waals surface area contributed by atoms with Crippen molar-refractivity contribution in [3.05, 3.63) is 71.4 Å². The normalized spacial score (nSPS) is 15.8. The van der Waals surface area contributed by atoms with Gasteiger partial charge in [-0.25, -0.2) is 14.8 Å². The van der Waals surface area contributed by atoms with Crippen LogP contribution in [-0.4, -0.2) is 37.1 Å². The SMILES string of the molecule is N#CN1CCC(n2c(=O)n(-c3ccc(Oc4ccccc4)cc3)c3c(N)ncnc32)C1. The van der Waals surface area contributed by atoms with Crippen molar-refractivity contribution in [2.24, 2.45) is 0 Å². The maximum Gasteiger partial charge on any atom is 0.335 e. The number of nitrogens with zero attached hydrogens (tertiary/aromatic N) is 6. The minimum Gasteiger partial charge on any atom is -0.457 e. The molecule has 1 fully saturated rings. The van der Waals surface area contributed by atoms with E-state index in [2.05, 4.69) is 16.2 Å². The van der Waals surface area contributed by atoms with E-state index >= 15 is 0 Å². The molecular formula is C22H19N7O2. The van der Waals surface area contributed by atoms with E-state index in [1.165, 1.54) is 10.9 Å². The van der Waals surface area contributed by atoms with Crippen LogP contribution in [0.25, 0.3) is 16.9 Å². The lowest BCUT2D eigenvalue weighted by molar-refractivity contribution is 0.445. The number of anilines is 1. The van der Waals surface area contributed by atoms with Gasteiger partial charge in [-0.2, -0.15) is 5.26 Å². The van der Waals surface area contributed by atoms with E-state index in [0.29, 0.717) is 42.1 Å². The van der Waals surface area contributed by atoms with Gasteiger partial charge in [-0.3, -0.25) is 9.13 Å². The smallest absolute Gasteiger partial charge is 0.335 e. The van der Waals surface area contributed by atoms with E-state index < -0.39 is 0 Å². The predicted octanol–water partition coefficient (Wildman–Crippen LogP) is 2.68. The molecule has 0 saturated carbocycles. The van der Waals surface area contributed by atoms with E-state index in [1.807, 2.05) is 30.3 Å². The van der Waals surface area contributed by atoms with Crippen LogP contribution in [0.2, 0.25) is 0 Å². The van der Waals surface area contributed by atoms with Crippen molar-refractivity contribution in [1.82, 2.24) is 24.0 Å². The zero-order valence-corrected chi connectivity index (χ0v) is 16.5.